The van der Waals surface area contributed by atoms with Gasteiger partial charge in [0.25, 0.3) is 0 Å². The van der Waals surface area contributed by atoms with Crippen LogP contribution in [0.15, 0.2) is 5.38 Å². The standard InChI is InChI=1S/C17H29N3OS/c1-5-8-18-15(21)13-7-6-9-20(10-13)11-14-12-22-16(19-14)17(2,3)4/h12-13H,5-11H2,1-4H3,(H,18,21)/t13-/m0/s1. The van der Waals surface area contributed by atoms with Gasteiger partial charge in [-0.2, -0.15) is 0 Å². The fourth-order valence-electron chi connectivity index (χ4n) is 2.76. The van der Waals surface area contributed by atoms with Gasteiger partial charge in [0.1, 0.15) is 0 Å². The highest BCUT2D eigenvalue weighted by Crippen LogP contribution is 2.26. The van der Waals surface area contributed by atoms with Crippen LogP contribution in [0.5, 0.6) is 0 Å². The SMILES string of the molecule is CCCNC(=O)[C@H]1CCCN(Cc2csc(C(C)(C)C)n2)C1. The van der Waals surface area contributed by atoms with Gasteiger partial charge in [0.2, 0.25) is 5.91 Å². The van der Waals surface area contributed by atoms with E-state index in [-0.39, 0.29) is 17.2 Å². The molecule has 1 aliphatic rings. The molecule has 0 bridgehead atoms. The number of amides is 1. The Hall–Kier alpha value is -0.940. The Morgan fingerprint density at radius 3 is 2.91 bits per heavy atom. The number of thiazole rings is 1. The van der Waals surface area contributed by atoms with Crippen LogP contribution < -0.4 is 5.32 Å². The van der Waals surface area contributed by atoms with Gasteiger partial charge in [0, 0.05) is 30.4 Å². The van der Waals surface area contributed by atoms with Gasteiger partial charge in [-0.05, 0) is 25.8 Å². The number of hydrogen-bond acceptors (Lipinski definition) is 4. The topological polar surface area (TPSA) is 45.2 Å². The average molecular weight is 324 g/mol. The lowest BCUT2D eigenvalue weighted by Gasteiger charge is -2.31. The van der Waals surface area contributed by atoms with E-state index in [9.17, 15) is 4.79 Å². The van der Waals surface area contributed by atoms with Gasteiger partial charge in [-0.15, -0.1) is 11.3 Å². The maximum atomic E-state index is 12.1. The van der Waals surface area contributed by atoms with Crippen molar-refractivity contribution in [1.82, 2.24) is 15.2 Å². The number of aromatic nitrogens is 1. The van der Waals surface area contributed by atoms with E-state index in [1.165, 1.54) is 5.01 Å². The van der Waals surface area contributed by atoms with Gasteiger partial charge < -0.3 is 5.32 Å². The number of piperidine rings is 1. The molecule has 1 atom stereocenters. The number of carbonyl (C=O) groups excluding carboxylic acids is 1. The molecule has 1 amide bonds. The highest BCUT2D eigenvalue weighted by atomic mass is 32.1. The minimum atomic E-state index is 0.118. The summed E-state index contributed by atoms with van der Waals surface area (Å²) in [6.07, 6.45) is 3.10. The van der Waals surface area contributed by atoms with Gasteiger partial charge in [-0.1, -0.05) is 27.7 Å². The molecule has 2 rings (SSSR count). The smallest absolute Gasteiger partial charge is 0.224 e. The van der Waals surface area contributed by atoms with E-state index in [1.54, 1.807) is 11.3 Å². The minimum Gasteiger partial charge on any atom is -0.356 e. The van der Waals surface area contributed by atoms with Gasteiger partial charge in [-0.3, -0.25) is 9.69 Å². The van der Waals surface area contributed by atoms with Gasteiger partial charge in [0.15, 0.2) is 0 Å². The summed E-state index contributed by atoms with van der Waals surface area (Å²) in [5.41, 5.74) is 1.26. The molecule has 4 nitrogen and oxygen atoms in total. The van der Waals surface area contributed by atoms with Crippen molar-refractivity contribution in [2.45, 2.75) is 58.9 Å². The molecule has 1 aliphatic heterocycles. The van der Waals surface area contributed by atoms with Crippen LogP contribution in [0.4, 0.5) is 0 Å². The summed E-state index contributed by atoms with van der Waals surface area (Å²) in [6, 6.07) is 0. The van der Waals surface area contributed by atoms with E-state index >= 15 is 0 Å². The Morgan fingerprint density at radius 1 is 1.50 bits per heavy atom. The molecular weight excluding hydrogens is 294 g/mol. The fourth-order valence-corrected chi connectivity index (χ4v) is 3.66. The molecule has 0 unspecified atom stereocenters. The van der Waals surface area contributed by atoms with E-state index in [2.05, 4.69) is 43.3 Å². The molecule has 5 heteroatoms. The summed E-state index contributed by atoms with van der Waals surface area (Å²) in [5.74, 6) is 0.362. The Morgan fingerprint density at radius 2 is 2.27 bits per heavy atom. The molecule has 0 saturated carbocycles. The van der Waals surface area contributed by atoms with Crippen molar-refractivity contribution in [3.05, 3.63) is 16.1 Å². The molecular formula is C17H29N3OS. The molecule has 0 aliphatic carbocycles. The summed E-state index contributed by atoms with van der Waals surface area (Å²) in [6.45, 7) is 12.3. The number of carbonyl (C=O) groups is 1. The van der Waals surface area contributed by atoms with Crippen molar-refractivity contribution in [2.24, 2.45) is 5.92 Å². The predicted octanol–water partition coefficient (Wildman–Crippen LogP) is 3.18. The summed E-state index contributed by atoms with van der Waals surface area (Å²) in [7, 11) is 0. The first-order chi connectivity index (χ1) is 10.4. The van der Waals surface area contributed by atoms with E-state index in [4.69, 9.17) is 4.98 Å². The molecule has 0 aromatic carbocycles. The molecule has 1 aromatic rings. The molecule has 1 fully saturated rings. The Labute approximate surface area is 138 Å². The molecule has 124 valence electrons. The third kappa shape index (κ3) is 4.78. The van der Waals surface area contributed by atoms with E-state index < -0.39 is 0 Å². The Kier molecular flexibility index (Phi) is 5.98. The van der Waals surface area contributed by atoms with E-state index in [0.717, 1.165) is 51.1 Å². The third-order valence-corrected chi connectivity index (χ3v) is 5.32. The van der Waals surface area contributed by atoms with Crippen LogP contribution in [0.2, 0.25) is 0 Å². The Bertz CT molecular complexity index is 492. The second-order valence-electron chi connectivity index (χ2n) is 7.26. The molecule has 22 heavy (non-hydrogen) atoms. The number of nitrogens with zero attached hydrogens (tertiary/aromatic N) is 2. The highest BCUT2D eigenvalue weighted by Gasteiger charge is 2.26. The van der Waals surface area contributed by atoms with Crippen LogP contribution in [0.3, 0.4) is 0 Å². The highest BCUT2D eigenvalue weighted by molar-refractivity contribution is 7.09. The molecule has 0 spiro atoms. The van der Waals surface area contributed by atoms with Crippen LogP contribution in [0, 0.1) is 5.92 Å². The Balaban J connectivity index is 1.90. The first-order valence-corrected chi connectivity index (χ1v) is 9.23. The predicted molar refractivity (Wildman–Crippen MR) is 92.1 cm³/mol. The maximum Gasteiger partial charge on any atom is 0.224 e. The number of hydrogen-bond donors (Lipinski definition) is 1. The summed E-state index contributed by atoms with van der Waals surface area (Å²) in [5, 5.41) is 6.39. The monoisotopic (exact) mass is 323 g/mol. The van der Waals surface area contributed by atoms with Crippen molar-refractivity contribution < 1.29 is 4.79 Å². The summed E-state index contributed by atoms with van der Waals surface area (Å²) >= 11 is 1.75. The zero-order chi connectivity index (χ0) is 16.2. The number of likely N-dealkylation sites (tertiary alicyclic amines) is 1. The van der Waals surface area contributed by atoms with Crippen molar-refractivity contribution in [1.29, 1.82) is 0 Å². The molecule has 2 heterocycles. The van der Waals surface area contributed by atoms with Gasteiger partial charge in [0.05, 0.1) is 16.6 Å². The van der Waals surface area contributed by atoms with Crippen molar-refractivity contribution in [3.8, 4) is 0 Å². The van der Waals surface area contributed by atoms with Crippen molar-refractivity contribution in [2.75, 3.05) is 19.6 Å². The fraction of sp³-hybridized carbons (Fsp3) is 0.765. The molecule has 1 N–H and O–H groups in total. The molecule has 1 saturated heterocycles. The van der Waals surface area contributed by atoms with Crippen molar-refractivity contribution >= 4 is 17.2 Å². The van der Waals surface area contributed by atoms with Crippen LogP contribution in [0.1, 0.15) is 57.7 Å². The normalized spacial score (nSPS) is 20.1. The lowest BCUT2D eigenvalue weighted by atomic mass is 9.97. The van der Waals surface area contributed by atoms with Crippen LogP contribution in [-0.4, -0.2) is 35.4 Å². The molecule has 0 radical (unpaired) electrons. The van der Waals surface area contributed by atoms with Crippen LogP contribution in [0.25, 0.3) is 0 Å². The third-order valence-electron chi connectivity index (χ3n) is 4.00. The van der Waals surface area contributed by atoms with Crippen molar-refractivity contribution in [3.63, 3.8) is 0 Å². The first kappa shape index (κ1) is 17.4. The zero-order valence-electron chi connectivity index (χ0n) is 14.3. The van der Waals surface area contributed by atoms with E-state index in [0.29, 0.717) is 0 Å². The van der Waals surface area contributed by atoms with Gasteiger partial charge in [-0.25, -0.2) is 4.98 Å². The van der Waals surface area contributed by atoms with Gasteiger partial charge >= 0.3 is 0 Å². The quantitative estimate of drug-likeness (QED) is 0.905. The largest absolute Gasteiger partial charge is 0.356 e. The second-order valence-corrected chi connectivity index (χ2v) is 8.12. The van der Waals surface area contributed by atoms with Crippen LogP contribution >= 0.6 is 11.3 Å². The number of rotatable bonds is 5. The maximum absolute atomic E-state index is 12.1. The average Bonchev–Trinajstić information content (AvgIpc) is 2.93. The minimum absolute atomic E-state index is 0.118. The number of nitrogens with one attached hydrogen (secondary N) is 1. The second kappa shape index (κ2) is 7.55. The lowest BCUT2D eigenvalue weighted by Crippen LogP contribution is -2.42. The summed E-state index contributed by atoms with van der Waals surface area (Å²) in [4.78, 5) is 19.3. The summed E-state index contributed by atoms with van der Waals surface area (Å²) < 4.78 is 0. The lowest BCUT2D eigenvalue weighted by molar-refractivity contribution is -0.126. The zero-order valence-corrected chi connectivity index (χ0v) is 15.1. The van der Waals surface area contributed by atoms with E-state index in [1.807, 2.05) is 0 Å². The molecule has 1 aromatic heterocycles. The van der Waals surface area contributed by atoms with Crippen LogP contribution in [-0.2, 0) is 16.8 Å². The first-order valence-electron chi connectivity index (χ1n) is 8.35.